The van der Waals surface area contributed by atoms with Crippen molar-refractivity contribution in [1.29, 1.82) is 0 Å². The maximum absolute atomic E-state index is 13.4. The first-order chi connectivity index (χ1) is 10.1. The highest BCUT2D eigenvalue weighted by Crippen LogP contribution is 2.28. The van der Waals surface area contributed by atoms with Crippen LogP contribution in [-0.2, 0) is 19.4 Å². The molecule has 2 nitrogen and oxygen atoms in total. The summed E-state index contributed by atoms with van der Waals surface area (Å²) in [6, 6.07) is 10.6. The molecule has 0 amide bonds. The Labute approximate surface area is 124 Å². The molecule has 0 saturated carbocycles. The van der Waals surface area contributed by atoms with E-state index in [2.05, 4.69) is 18.2 Å². The van der Waals surface area contributed by atoms with E-state index in [9.17, 15) is 9.50 Å². The van der Waals surface area contributed by atoms with E-state index in [1.807, 2.05) is 0 Å². The highest BCUT2D eigenvalue weighted by molar-refractivity contribution is 5.37. The van der Waals surface area contributed by atoms with Gasteiger partial charge in [-0.15, -0.1) is 0 Å². The van der Waals surface area contributed by atoms with E-state index < -0.39 is 6.10 Å². The average molecular weight is 286 g/mol. The van der Waals surface area contributed by atoms with Crippen molar-refractivity contribution in [1.82, 2.24) is 0 Å². The molecule has 0 aromatic heterocycles. The summed E-state index contributed by atoms with van der Waals surface area (Å²) in [5.41, 5.74) is 4.51. The van der Waals surface area contributed by atoms with Crippen LogP contribution >= 0.6 is 0 Å². The molecular formula is C18H19FO2. The second-order valence-corrected chi connectivity index (χ2v) is 5.60. The van der Waals surface area contributed by atoms with Gasteiger partial charge in [-0.05, 0) is 55.0 Å². The summed E-state index contributed by atoms with van der Waals surface area (Å²) < 4.78 is 19.1. The fourth-order valence-electron chi connectivity index (χ4n) is 2.85. The van der Waals surface area contributed by atoms with Crippen LogP contribution in [-0.4, -0.2) is 5.11 Å². The van der Waals surface area contributed by atoms with Crippen molar-refractivity contribution >= 4 is 0 Å². The normalized spacial score (nSPS) is 14.8. The molecule has 0 radical (unpaired) electrons. The monoisotopic (exact) mass is 286 g/mol. The molecule has 0 fully saturated rings. The lowest BCUT2D eigenvalue weighted by atomic mass is 10.1. The maximum atomic E-state index is 13.4. The molecule has 21 heavy (non-hydrogen) atoms. The zero-order valence-electron chi connectivity index (χ0n) is 12.1. The molecule has 0 aliphatic heterocycles. The molecule has 1 aliphatic rings. The summed E-state index contributed by atoms with van der Waals surface area (Å²) in [7, 11) is 0. The number of fused-ring (bicyclic) bond motifs is 1. The highest BCUT2D eigenvalue weighted by Gasteiger charge is 2.13. The predicted molar refractivity (Wildman–Crippen MR) is 79.8 cm³/mol. The van der Waals surface area contributed by atoms with Gasteiger partial charge in [-0.1, -0.05) is 18.2 Å². The maximum Gasteiger partial charge on any atom is 0.128 e. The Bertz CT molecular complexity index is 650. The van der Waals surface area contributed by atoms with E-state index in [0.717, 1.165) is 18.4 Å². The molecule has 3 rings (SSSR count). The minimum Gasteiger partial charge on any atom is -0.488 e. The van der Waals surface area contributed by atoms with Crippen molar-refractivity contribution in [3.63, 3.8) is 0 Å². The van der Waals surface area contributed by atoms with Gasteiger partial charge < -0.3 is 9.84 Å². The number of benzene rings is 2. The summed E-state index contributed by atoms with van der Waals surface area (Å²) in [5, 5.41) is 9.72. The molecule has 2 aromatic rings. The lowest BCUT2D eigenvalue weighted by Crippen LogP contribution is -2.02. The quantitative estimate of drug-likeness (QED) is 0.922. The third-order valence-electron chi connectivity index (χ3n) is 3.98. The molecule has 0 saturated heterocycles. The van der Waals surface area contributed by atoms with Gasteiger partial charge in [0, 0.05) is 11.6 Å². The number of hydrogen-bond donors (Lipinski definition) is 1. The molecule has 3 heteroatoms. The Morgan fingerprint density at radius 2 is 1.95 bits per heavy atom. The largest absolute Gasteiger partial charge is 0.488 e. The molecule has 1 aliphatic carbocycles. The average Bonchev–Trinajstić information content (AvgIpc) is 2.92. The molecule has 110 valence electrons. The first kappa shape index (κ1) is 14.1. The summed E-state index contributed by atoms with van der Waals surface area (Å²) in [6.07, 6.45) is 2.82. The second-order valence-electron chi connectivity index (χ2n) is 5.60. The van der Waals surface area contributed by atoms with Crippen molar-refractivity contribution in [2.45, 2.75) is 38.9 Å². The van der Waals surface area contributed by atoms with Gasteiger partial charge in [0.15, 0.2) is 0 Å². The van der Waals surface area contributed by atoms with Crippen LogP contribution in [0.4, 0.5) is 4.39 Å². The van der Waals surface area contributed by atoms with Crippen molar-refractivity contribution < 1.29 is 14.2 Å². The number of halogens is 1. The van der Waals surface area contributed by atoms with E-state index in [1.54, 1.807) is 13.0 Å². The van der Waals surface area contributed by atoms with Crippen molar-refractivity contribution in [3.8, 4) is 5.75 Å². The molecule has 0 heterocycles. The fraction of sp³-hybridized carbons (Fsp3) is 0.333. The highest BCUT2D eigenvalue weighted by atomic mass is 19.1. The van der Waals surface area contributed by atoms with Crippen LogP contribution in [0.3, 0.4) is 0 Å². The van der Waals surface area contributed by atoms with Crippen LogP contribution in [0.15, 0.2) is 36.4 Å². The molecule has 1 atom stereocenters. The molecule has 1 N–H and O–H groups in total. The van der Waals surface area contributed by atoms with Gasteiger partial charge in [-0.25, -0.2) is 4.39 Å². The first-order valence-electron chi connectivity index (χ1n) is 7.34. The van der Waals surface area contributed by atoms with Crippen LogP contribution in [0.2, 0.25) is 0 Å². The SMILES string of the molecule is C[C@@H](O)c1ccc(F)cc1OCc1ccc2c(c1)CCC2. The standard InChI is InChI=1S/C18H19FO2/c1-12(20)17-8-7-16(19)10-18(17)21-11-13-5-6-14-3-2-4-15(14)9-13/h5-10,12,20H,2-4,11H2,1H3/t12-/m1/s1. The molecule has 2 aromatic carbocycles. The van der Waals surface area contributed by atoms with Crippen molar-refractivity contribution in [3.05, 3.63) is 64.5 Å². The van der Waals surface area contributed by atoms with E-state index in [4.69, 9.17) is 4.74 Å². The van der Waals surface area contributed by atoms with Crippen molar-refractivity contribution in [2.75, 3.05) is 0 Å². The third-order valence-corrected chi connectivity index (χ3v) is 3.98. The van der Waals surface area contributed by atoms with E-state index in [1.165, 1.54) is 29.7 Å². The molecule has 0 bridgehead atoms. The van der Waals surface area contributed by atoms with E-state index >= 15 is 0 Å². The minimum atomic E-state index is -0.680. The zero-order chi connectivity index (χ0) is 14.8. The summed E-state index contributed by atoms with van der Waals surface area (Å²) in [4.78, 5) is 0. The van der Waals surface area contributed by atoms with Crippen molar-refractivity contribution in [2.24, 2.45) is 0 Å². The number of aryl methyl sites for hydroxylation is 2. The number of aliphatic hydroxyl groups excluding tert-OH is 1. The van der Waals surface area contributed by atoms with Crippen LogP contribution in [0.1, 0.15) is 41.7 Å². The zero-order valence-corrected chi connectivity index (χ0v) is 12.1. The fourth-order valence-corrected chi connectivity index (χ4v) is 2.85. The lowest BCUT2D eigenvalue weighted by molar-refractivity contribution is 0.190. The topological polar surface area (TPSA) is 29.5 Å². The number of ether oxygens (including phenoxy) is 1. The third kappa shape index (κ3) is 3.08. The summed E-state index contributed by atoms with van der Waals surface area (Å²) in [5.74, 6) is 0.0499. The first-order valence-corrected chi connectivity index (χ1v) is 7.34. The summed E-state index contributed by atoms with van der Waals surface area (Å²) in [6.45, 7) is 2.03. The smallest absolute Gasteiger partial charge is 0.128 e. The minimum absolute atomic E-state index is 0.358. The van der Waals surface area contributed by atoms with Gasteiger partial charge in [0.1, 0.15) is 18.2 Å². The number of rotatable bonds is 4. The van der Waals surface area contributed by atoms with E-state index in [-0.39, 0.29) is 5.82 Å². The van der Waals surface area contributed by atoms with Crippen LogP contribution in [0.25, 0.3) is 0 Å². The Morgan fingerprint density at radius 3 is 2.76 bits per heavy atom. The van der Waals surface area contributed by atoms with Gasteiger partial charge in [-0.2, -0.15) is 0 Å². The Kier molecular flexibility index (Phi) is 3.93. The van der Waals surface area contributed by atoms with Gasteiger partial charge in [0.05, 0.1) is 6.10 Å². The molecule has 0 unspecified atom stereocenters. The Morgan fingerprint density at radius 1 is 1.14 bits per heavy atom. The molecule has 0 spiro atoms. The van der Waals surface area contributed by atoms with Gasteiger partial charge in [0.2, 0.25) is 0 Å². The van der Waals surface area contributed by atoms with E-state index in [0.29, 0.717) is 17.9 Å². The van der Waals surface area contributed by atoms with Crippen LogP contribution < -0.4 is 4.74 Å². The molecular weight excluding hydrogens is 267 g/mol. The Balaban J connectivity index is 1.77. The second kappa shape index (κ2) is 5.86. The van der Waals surface area contributed by atoms with Crippen LogP contribution in [0, 0.1) is 5.82 Å². The Hall–Kier alpha value is -1.87. The van der Waals surface area contributed by atoms with Crippen LogP contribution in [0.5, 0.6) is 5.75 Å². The van der Waals surface area contributed by atoms with Gasteiger partial charge in [-0.3, -0.25) is 0 Å². The summed E-state index contributed by atoms with van der Waals surface area (Å²) >= 11 is 0. The number of aliphatic hydroxyl groups is 1. The predicted octanol–water partition coefficient (Wildman–Crippen LogP) is 3.95. The number of hydrogen-bond acceptors (Lipinski definition) is 2. The lowest BCUT2D eigenvalue weighted by Gasteiger charge is -2.14. The van der Waals surface area contributed by atoms with Gasteiger partial charge >= 0.3 is 0 Å². The van der Waals surface area contributed by atoms with Gasteiger partial charge in [0.25, 0.3) is 0 Å².